The van der Waals surface area contributed by atoms with Gasteiger partial charge in [0, 0.05) is 44.9 Å². The molecule has 0 unspecified atom stereocenters. The van der Waals surface area contributed by atoms with Crippen molar-refractivity contribution in [1.82, 2.24) is 9.97 Å². The molecular weight excluding hydrogens is 413 g/mol. The summed E-state index contributed by atoms with van der Waals surface area (Å²) >= 11 is 0. The van der Waals surface area contributed by atoms with E-state index in [1.54, 1.807) is 34.8 Å². The molecular formula is C23H40N3O4P. The Bertz CT molecular complexity index is 751. The Labute approximate surface area is 189 Å². The molecule has 0 spiro atoms. The van der Waals surface area contributed by atoms with Crippen molar-refractivity contribution < 1.29 is 18.5 Å². The van der Waals surface area contributed by atoms with E-state index in [1.807, 2.05) is 39.8 Å². The number of benzene rings is 1. The number of methoxy groups -OCH3 is 2. The summed E-state index contributed by atoms with van der Waals surface area (Å²) in [6.07, 6.45) is 6.07. The van der Waals surface area contributed by atoms with Gasteiger partial charge in [0.1, 0.15) is 12.1 Å². The van der Waals surface area contributed by atoms with Crippen molar-refractivity contribution in [2.75, 3.05) is 52.6 Å². The van der Waals surface area contributed by atoms with E-state index in [2.05, 4.69) is 14.9 Å². The van der Waals surface area contributed by atoms with E-state index in [1.165, 1.54) is 0 Å². The molecule has 0 bridgehead atoms. The van der Waals surface area contributed by atoms with Crippen LogP contribution in [-0.4, -0.2) is 57.7 Å². The third-order valence-electron chi connectivity index (χ3n) is 5.16. The normalized spacial score (nSPS) is 13.9. The fourth-order valence-electron chi connectivity index (χ4n) is 3.60. The largest absolute Gasteiger partial charge is 0.493 e. The van der Waals surface area contributed by atoms with Crippen molar-refractivity contribution in [2.45, 2.75) is 47.0 Å². The van der Waals surface area contributed by atoms with Crippen LogP contribution in [0, 0.1) is 5.92 Å². The lowest BCUT2D eigenvalue weighted by molar-refractivity contribution is 0.330. The molecule has 0 saturated carbocycles. The standard InChI is InChI=1S/C19H28N3O4P.2C2H6/c1-23-17-11-15-16(12-18(17)24-2)20-13-21-19(15)22-8-5-14(6-9-22)7-10-27(25-3)26-4;2*1-2/h11-14H,5-10H2,1-4H3;2*1-2H3. The van der Waals surface area contributed by atoms with Crippen molar-refractivity contribution in [1.29, 1.82) is 0 Å². The predicted octanol–water partition coefficient (Wildman–Crippen LogP) is 5.91. The van der Waals surface area contributed by atoms with E-state index in [-0.39, 0.29) is 0 Å². The van der Waals surface area contributed by atoms with Gasteiger partial charge in [0.05, 0.1) is 19.7 Å². The molecule has 0 N–H and O–H groups in total. The van der Waals surface area contributed by atoms with E-state index in [0.29, 0.717) is 17.4 Å². The quantitative estimate of drug-likeness (QED) is 0.460. The smallest absolute Gasteiger partial charge is 0.169 e. The maximum Gasteiger partial charge on any atom is 0.169 e. The molecule has 3 rings (SSSR count). The average molecular weight is 454 g/mol. The first-order valence-electron chi connectivity index (χ1n) is 11.2. The summed E-state index contributed by atoms with van der Waals surface area (Å²) < 4.78 is 21.6. The van der Waals surface area contributed by atoms with Gasteiger partial charge in [-0.3, -0.25) is 0 Å². The Morgan fingerprint density at radius 3 is 2.03 bits per heavy atom. The van der Waals surface area contributed by atoms with Crippen LogP contribution in [0.15, 0.2) is 18.5 Å². The maximum absolute atomic E-state index is 5.46. The number of piperidine rings is 1. The lowest BCUT2D eigenvalue weighted by Crippen LogP contribution is -2.34. The molecule has 8 heteroatoms. The van der Waals surface area contributed by atoms with Crippen LogP contribution in [0.3, 0.4) is 0 Å². The van der Waals surface area contributed by atoms with Gasteiger partial charge in [-0.1, -0.05) is 27.7 Å². The van der Waals surface area contributed by atoms with Gasteiger partial charge in [-0.25, -0.2) is 9.97 Å². The Morgan fingerprint density at radius 1 is 0.903 bits per heavy atom. The van der Waals surface area contributed by atoms with Gasteiger partial charge in [-0.15, -0.1) is 0 Å². The highest BCUT2D eigenvalue weighted by molar-refractivity contribution is 7.47. The topological polar surface area (TPSA) is 65.9 Å². The second-order valence-electron chi connectivity index (χ2n) is 6.56. The molecule has 1 fully saturated rings. The zero-order chi connectivity index (χ0) is 23.2. The number of hydrogen-bond acceptors (Lipinski definition) is 7. The zero-order valence-electron chi connectivity index (χ0n) is 20.5. The minimum atomic E-state index is -0.730. The van der Waals surface area contributed by atoms with Gasteiger partial charge < -0.3 is 23.4 Å². The van der Waals surface area contributed by atoms with Crippen molar-refractivity contribution in [2.24, 2.45) is 5.92 Å². The van der Waals surface area contributed by atoms with Gasteiger partial charge in [0.15, 0.2) is 19.9 Å². The van der Waals surface area contributed by atoms with E-state index in [0.717, 1.165) is 55.2 Å². The Hall–Kier alpha value is -1.69. The monoisotopic (exact) mass is 453 g/mol. The molecule has 1 aromatic heterocycles. The Balaban J connectivity index is 0.00000113. The highest BCUT2D eigenvalue weighted by Crippen LogP contribution is 2.40. The van der Waals surface area contributed by atoms with Crippen LogP contribution >= 0.6 is 8.38 Å². The van der Waals surface area contributed by atoms with Crippen LogP contribution in [0.25, 0.3) is 10.9 Å². The fraction of sp³-hybridized carbons (Fsp3) is 0.652. The molecule has 2 heterocycles. The first kappa shape index (κ1) is 27.3. The fourth-order valence-corrected chi connectivity index (χ4v) is 4.69. The second-order valence-corrected chi connectivity index (χ2v) is 8.41. The molecule has 176 valence electrons. The van der Waals surface area contributed by atoms with Crippen LogP contribution in [0.2, 0.25) is 0 Å². The second kappa shape index (κ2) is 15.2. The summed E-state index contributed by atoms with van der Waals surface area (Å²) in [6, 6.07) is 3.88. The summed E-state index contributed by atoms with van der Waals surface area (Å²) in [5, 5.41) is 0.996. The predicted molar refractivity (Wildman–Crippen MR) is 131 cm³/mol. The summed E-state index contributed by atoms with van der Waals surface area (Å²) in [5.41, 5.74) is 0.866. The molecule has 2 aromatic rings. The molecule has 31 heavy (non-hydrogen) atoms. The van der Waals surface area contributed by atoms with Gasteiger partial charge in [-0.05, 0) is 31.2 Å². The van der Waals surface area contributed by atoms with Crippen LogP contribution in [0.5, 0.6) is 11.5 Å². The first-order chi connectivity index (χ1) is 15.2. The van der Waals surface area contributed by atoms with Crippen molar-refractivity contribution in [3.63, 3.8) is 0 Å². The minimum Gasteiger partial charge on any atom is -0.493 e. The first-order valence-corrected chi connectivity index (χ1v) is 12.5. The number of nitrogens with zero attached hydrogens (tertiary/aromatic N) is 3. The van der Waals surface area contributed by atoms with Crippen molar-refractivity contribution in [3.05, 3.63) is 18.5 Å². The molecule has 0 atom stereocenters. The number of aromatic nitrogens is 2. The number of ether oxygens (including phenoxy) is 2. The third-order valence-corrected chi connectivity index (χ3v) is 6.60. The van der Waals surface area contributed by atoms with Gasteiger partial charge in [-0.2, -0.15) is 0 Å². The molecule has 0 aliphatic carbocycles. The van der Waals surface area contributed by atoms with Crippen LogP contribution < -0.4 is 14.4 Å². The summed E-state index contributed by atoms with van der Waals surface area (Å²) in [7, 11) is 6.00. The van der Waals surface area contributed by atoms with E-state index >= 15 is 0 Å². The number of hydrogen-bond donors (Lipinski definition) is 0. The highest BCUT2D eigenvalue weighted by atomic mass is 31.2. The number of fused-ring (bicyclic) bond motifs is 1. The van der Waals surface area contributed by atoms with Crippen LogP contribution in [0.4, 0.5) is 5.82 Å². The van der Waals surface area contributed by atoms with Crippen LogP contribution in [-0.2, 0) is 9.05 Å². The van der Waals surface area contributed by atoms with Gasteiger partial charge in [0.2, 0.25) is 0 Å². The minimum absolute atomic E-state index is 0.682. The zero-order valence-corrected chi connectivity index (χ0v) is 21.4. The molecule has 0 amide bonds. The number of rotatable bonds is 8. The summed E-state index contributed by atoms with van der Waals surface area (Å²) in [4.78, 5) is 11.3. The molecule has 1 aliphatic heterocycles. The molecule has 1 aromatic carbocycles. The highest BCUT2D eigenvalue weighted by Gasteiger charge is 2.23. The number of anilines is 1. The lowest BCUT2D eigenvalue weighted by Gasteiger charge is -2.33. The summed E-state index contributed by atoms with van der Waals surface area (Å²) in [5.74, 6) is 3.05. The van der Waals surface area contributed by atoms with E-state index in [4.69, 9.17) is 18.5 Å². The van der Waals surface area contributed by atoms with E-state index < -0.39 is 8.38 Å². The maximum atomic E-state index is 5.46. The van der Waals surface area contributed by atoms with Crippen molar-refractivity contribution in [3.8, 4) is 11.5 Å². The SMILES string of the molecule is CC.CC.COc1cc2ncnc(N3CCC(CCP(OC)OC)CC3)c2cc1OC. The molecule has 7 nitrogen and oxygen atoms in total. The Morgan fingerprint density at radius 2 is 1.48 bits per heavy atom. The molecule has 1 aliphatic rings. The third kappa shape index (κ3) is 7.44. The Kier molecular flexibility index (Phi) is 13.4. The molecule has 1 saturated heterocycles. The van der Waals surface area contributed by atoms with Gasteiger partial charge >= 0.3 is 0 Å². The van der Waals surface area contributed by atoms with Crippen LogP contribution in [0.1, 0.15) is 47.0 Å². The van der Waals surface area contributed by atoms with Crippen molar-refractivity contribution >= 4 is 25.1 Å². The van der Waals surface area contributed by atoms with E-state index in [9.17, 15) is 0 Å². The summed E-state index contributed by atoms with van der Waals surface area (Å²) in [6.45, 7) is 9.98. The van der Waals surface area contributed by atoms with Gasteiger partial charge in [0.25, 0.3) is 0 Å². The molecule has 0 radical (unpaired) electrons. The lowest BCUT2D eigenvalue weighted by atomic mass is 9.94. The average Bonchev–Trinajstić information content (AvgIpc) is 2.86.